The third kappa shape index (κ3) is 5.79. The molecule has 1 saturated carbocycles. The number of Topliss-reactive ketones (excluding diaryl/α,β-unsaturated/α-hetero) is 1. The van der Waals surface area contributed by atoms with E-state index in [1.165, 1.54) is 11.0 Å². The Morgan fingerprint density at radius 2 is 1.55 bits per heavy atom. The van der Waals surface area contributed by atoms with Gasteiger partial charge in [-0.2, -0.15) is 0 Å². The fraction of sp³-hybridized carbons (Fsp3) is 0.224. The second-order valence-corrected chi connectivity index (χ2v) is 15.3. The highest BCUT2D eigenvalue weighted by Gasteiger charge is 2.66. The Morgan fingerprint density at radius 1 is 0.810 bits per heavy atom. The molecule has 0 radical (unpaired) electrons. The molecule has 9 heteroatoms. The zero-order valence-electron chi connectivity index (χ0n) is 32.0. The van der Waals surface area contributed by atoms with Gasteiger partial charge in [0.1, 0.15) is 29.6 Å². The minimum atomic E-state index is -1.40. The summed E-state index contributed by atoms with van der Waals surface area (Å²) in [7, 11) is 3.21. The first-order valence-electron chi connectivity index (χ1n) is 19.5. The smallest absolute Gasteiger partial charge is 0.238 e. The fourth-order valence-electron chi connectivity index (χ4n) is 9.96. The molecule has 0 bridgehead atoms. The van der Waals surface area contributed by atoms with Crippen molar-refractivity contribution < 1.29 is 38.2 Å². The van der Waals surface area contributed by atoms with Crippen LogP contribution in [0.25, 0.3) is 17.7 Å². The number of rotatable bonds is 9. The van der Waals surface area contributed by atoms with E-state index in [0.717, 1.165) is 16.7 Å². The molecule has 1 saturated heterocycles. The number of ketones is 2. The lowest BCUT2D eigenvalue weighted by molar-refractivity contribution is -0.135. The molecule has 1 aliphatic heterocycles. The van der Waals surface area contributed by atoms with Crippen LogP contribution in [-0.4, -0.2) is 42.7 Å². The Hall–Kier alpha value is -6.58. The van der Waals surface area contributed by atoms with E-state index < -0.39 is 35.0 Å². The van der Waals surface area contributed by atoms with Crippen molar-refractivity contribution in [3.63, 3.8) is 0 Å². The Morgan fingerprint density at radius 3 is 2.24 bits per heavy atom. The largest absolute Gasteiger partial charge is 0.497 e. The average Bonchev–Trinajstić information content (AvgIpc) is 3.85. The van der Waals surface area contributed by atoms with Crippen LogP contribution >= 0.6 is 0 Å². The molecule has 4 aliphatic rings. The number of nitrogens with zero attached hydrogens (tertiary/aromatic N) is 1. The van der Waals surface area contributed by atoms with Gasteiger partial charge in [0.25, 0.3) is 0 Å². The van der Waals surface area contributed by atoms with Gasteiger partial charge in [0.15, 0.2) is 11.6 Å². The number of hydrogen-bond acceptors (Lipinski definition) is 8. The van der Waals surface area contributed by atoms with Crippen LogP contribution in [0.2, 0.25) is 0 Å². The first-order valence-corrected chi connectivity index (χ1v) is 19.5. The number of imide groups is 1. The maximum absolute atomic E-state index is 15.1. The molecule has 5 aromatic rings. The van der Waals surface area contributed by atoms with E-state index >= 15 is 9.59 Å². The normalized spacial score (nSPS) is 25.2. The standard InChI is InChI=1S/C49H41NO8/c1-56-34-19-23-41(57-2)31(25-34)16-13-29-14-17-33(18-15-29)50-47(54)37-22-21-36-39(44(37)48(50)55)26-40-46(53)38(30-9-5-3-6-10-30)27-43(52)49(40,32-11-7-4-8-12-32)45(36)42-24-20-35(28-51)58-42/h3-21,23-25,27,37,39-40,44-45,51H,22,26,28H2,1-2H3/t37-,39+,40-,44-,45+,49-/m0/s1. The number of carbonyl (C=O) groups is 4. The predicted molar refractivity (Wildman–Crippen MR) is 219 cm³/mol. The molecule has 1 N–H and O–H groups in total. The quantitative estimate of drug-likeness (QED) is 0.0910. The van der Waals surface area contributed by atoms with Crippen molar-refractivity contribution in [2.75, 3.05) is 19.1 Å². The minimum absolute atomic E-state index is 0.186. The Kier molecular flexibility index (Phi) is 9.41. The SMILES string of the molecule is COc1ccc(OC)c(C=Cc2ccc(N3C(=O)[C@H]4[C@H](CC=C5[C@H]4C[C@H]4C(=O)C(c6ccccc6)=CC(=O)[C@@]4(c4ccccc4)[C@H]5c4ccc(CO)o4)C3=O)cc2)c1. The van der Waals surface area contributed by atoms with Crippen LogP contribution < -0.4 is 14.4 Å². The number of methoxy groups -OCH3 is 2. The summed E-state index contributed by atoms with van der Waals surface area (Å²) >= 11 is 0. The van der Waals surface area contributed by atoms with Crippen LogP contribution in [0.4, 0.5) is 5.69 Å². The Bertz CT molecular complexity index is 2530. The summed E-state index contributed by atoms with van der Waals surface area (Å²) in [6, 6.07) is 34.8. The van der Waals surface area contributed by atoms with E-state index in [1.807, 2.05) is 109 Å². The van der Waals surface area contributed by atoms with Gasteiger partial charge in [-0.3, -0.25) is 24.1 Å². The molecule has 2 fully saturated rings. The lowest BCUT2D eigenvalue weighted by atomic mass is 9.45. The van der Waals surface area contributed by atoms with Crippen molar-refractivity contribution in [2.24, 2.45) is 23.7 Å². The molecule has 2 heterocycles. The van der Waals surface area contributed by atoms with Gasteiger partial charge < -0.3 is 19.0 Å². The number of allylic oxidation sites excluding steroid dienone is 4. The first kappa shape index (κ1) is 37.0. The highest BCUT2D eigenvalue weighted by Crippen LogP contribution is 2.64. The highest BCUT2D eigenvalue weighted by atomic mass is 16.5. The molecule has 4 aromatic carbocycles. The number of anilines is 1. The molecule has 2 amide bonds. The Labute approximate surface area is 335 Å². The van der Waals surface area contributed by atoms with Crippen molar-refractivity contribution >= 4 is 46.8 Å². The number of ether oxygens (including phenoxy) is 2. The van der Waals surface area contributed by atoms with Gasteiger partial charge in [-0.05, 0) is 84.0 Å². The van der Waals surface area contributed by atoms with Crippen LogP contribution in [0, 0.1) is 23.7 Å². The molecule has 1 aromatic heterocycles. The third-order valence-corrected chi connectivity index (χ3v) is 12.5. The van der Waals surface area contributed by atoms with Gasteiger partial charge in [0, 0.05) is 17.1 Å². The number of aliphatic hydroxyl groups is 1. The minimum Gasteiger partial charge on any atom is -0.497 e. The van der Waals surface area contributed by atoms with Crippen LogP contribution in [-0.2, 0) is 31.2 Å². The highest BCUT2D eigenvalue weighted by molar-refractivity contribution is 6.32. The second kappa shape index (κ2) is 14.7. The molecule has 58 heavy (non-hydrogen) atoms. The van der Waals surface area contributed by atoms with Crippen molar-refractivity contribution in [1.82, 2.24) is 0 Å². The van der Waals surface area contributed by atoms with Crippen LogP contribution in [0.1, 0.15) is 52.5 Å². The van der Waals surface area contributed by atoms with Crippen LogP contribution in [0.5, 0.6) is 11.5 Å². The number of hydrogen-bond donors (Lipinski definition) is 1. The Balaban J connectivity index is 1.11. The number of benzene rings is 4. The molecule has 6 atom stereocenters. The molecule has 290 valence electrons. The first-order chi connectivity index (χ1) is 28.3. The number of furan rings is 1. The van der Waals surface area contributed by atoms with E-state index in [4.69, 9.17) is 13.9 Å². The number of fused-ring (bicyclic) bond motifs is 4. The van der Waals surface area contributed by atoms with Gasteiger partial charge in [0.2, 0.25) is 11.8 Å². The molecular weight excluding hydrogens is 731 g/mol. The lowest BCUT2D eigenvalue weighted by Crippen LogP contribution is -2.58. The average molecular weight is 772 g/mol. The van der Waals surface area contributed by atoms with Crippen molar-refractivity contribution in [2.45, 2.75) is 30.8 Å². The maximum atomic E-state index is 15.1. The van der Waals surface area contributed by atoms with Crippen molar-refractivity contribution in [3.8, 4) is 11.5 Å². The van der Waals surface area contributed by atoms with Gasteiger partial charge in [-0.1, -0.05) is 96.6 Å². The van der Waals surface area contributed by atoms with E-state index in [1.54, 1.807) is 38.5 Å². The second-order valence-electron chi connectivity index (χ2n) is 15.3. The lowest BCUT2D eigenvalue weighted by Gasteiger charge is -2.54. The number of amides is 2. The van der Waals surface area contributed by atoms with Crippen molar-refractivity contribution in [1.29, 1.82) is 0 Å². The zero-order valence-corrected chi connectivity index (χ0v) is 32.0. The molecule has 0 unspecified atom stereocenters. The summed E-state index contributed by atoms with van der Waals surface area (Å²) in [4.78, 5) is 60.6. The van der Waals surface area contributed by atoms with Gasteiger partial charge in [-0.25, -0.2) is 0 Å². The molecule has 3 aliphatic carbocycles. The maximum Gasteiger partial charge on any atom is 0.238 e. The summed E-state index contributed by atoms with van der Waals surface area (Å²) in [5.74, 6) is -2.52. The van der Waals surface area contributed by atoms with Crippen LogP contribution in [0.3, 0.4) is 0 Å². The fourth-order valence-corrected chi connectivity index (χ4v) is 9.96. The summed E-state index contributed by atoms with van der Waals surface area (Å²) < 4.78 is 17.2. The van der Waals surface area contributed by atoms with Crippen molar-refractivity contribution in [3.05, 3.63) is 167 Å². The van der Waals surface area contributed by atoms with Gasteiger partial charge in [-0.15, -0.1) is 0 Å². The molecule has 0 spiro atoms. The number of carbonyl (C=O) groups excluding carboxylic acids is 4. The monoisotopic (exact) mass is 771 g/mol. The van der Waals surface area contributed by atoms with Gasteiger partial charge in [0.05, 0.1) is 43.1 Å². The summed E-state index contributed by atoms with van der Waals surface area (Å²) in [6.07, 6.45) is 7.79. The summed E-state index contributed by atoms with van der Waals surface area (Å²) in [6.45, 7) is -0.349. The van der Waals surface area contributed by atoms with E-state index in [2.05, 4.69) is 0 Å². The third-order valence-electron chi connectivity index (χ3n) is 12.5. The number of aliphatic hydroxyl groups excluding tert-OH is 1. The molecular formula is C49H41NO8. The van der Waals surface area contributed by atoms with E-state index in [-0.39, 0.29) is 42.8 Å². The molecule has 9 rings (SSSR count). The summed E-state index contributed by atoms with van der Waals surface area (Å²) in [5, 5.41) is 10.1. The molecule has 9 nitrogen and oxygen atoms in total. The summed E-state index contributed by atoms with van der Waals surface area (Å²) in [5.41, 5.74) is 3.18. The van der Waals surface area contributed by atoms with Crippen LogP contribution in [0.15, 0.2) is 137 Å². The topological polar surface area (TPSA) is 123 Å². The van der Waals surface area contributed by atoms with Gasteiger partial charge >= 0.3 is 0 Å². The predicted octanol–water partition coefficient (Wildman–Crippen LogP) is 7.99. The van der Waals surface area contributed by atoms with E-state index in [0.29, 0.717) is 45.4 Å². The van der Waals surface area contributed by atoms with E-state index in [9.17, 15) is 14.7 Å². The zero-order chi connectivity index (χ0) is 40.1.